The molecule has 2 atom stereocenters. The Labute approximate surface area is 137 Å². The summed E-state index contributed by atoms with van der Waals surface area (Å²) in [4.78, 5) is 11.7. The Morgan fingerprint density at radius 2 is 2.18 bits per heavy atom. The number of benzene rings is 1. The Morgan fingerprint density at radius 1 is 1.36 bits per heavy atom. The largest absolute Gasteiger partial charge is 0.462 e. The van der Waals surface area contributed by atoms with E-state index in [0.29, 0.717) is 0 Å². The highest BCUT2D eigenvalue weighted by Gasteiger charge is 2.33. The maximum atomic E-state index is 11.7. The minimum absolute atomic E-state index is 0.00859. The zero-order valence-corrected chi connectivity index (χ0v) is 14.3. The SMILES string of the molecule is Cc1ccc(Nc2nnc(S[C@H]3C[C@H](C)OC3=O)s2)c(C)c1. The van der Waals surface area contributed by atoms with Crippen molar-refractivity contribution in [2.45, 2.75) is 42.9 Å². The third-order valence-electron chi connectivity index (χ3n) is 3.40. The summed E-state index contributed by atoms with van der Waals surface area (Å²) >= 11 is 2.88. The summed E-state index contributed by atoms with van der Waals surface area (Å²) in [5.74, 6) is -0.156. The van der Waals surface area contributed by atoms with Crippen LogP contribution >= 0.6 is 23.1 Å². The summed E-state index contributed by atoms with van der Waals surface area (Å²) in [5.41, 5.74) is 3.41. The molecule has 0 radical (unpaired) electrons. The van der Waals surface area contributed by atoms with Crippen LogP contribution in [-0.4, -0.2) is 27.5 Å². The Morgan fingerprint density at radius 3 is 2.86 bits per heavy atom. The number of nitrogens with zero attached hydrogens (tertiary/aromatic N) is 2. The maximum Gasteiger partial charge on any atom is 0.319 e. The number of rotatable bonds is 4. The quantitative estimate of drug-likeness (QED) is 0.860. The molecule has 1 aliphatic heterocycles. The van der Waals surface area contributed by atoms with Gasteiger partial charge in [-0.3, -0.25) is 4.79 Å². The van der Waals surface area contributed by atoms with Crippen molar-refractivity contribution in [3.05, 3.63) is 29.3 Å². The first-order chi connectivity index (χ1) is 10.5. The number of anilines is 2. The molecule has 1 N–H and O–H groups in total. The zero-order valence-electron chi connectivity index (χ0n) is 12.6. The lowest BCUT2D eigenvalue weighted by molar-refractivity contribution is -0.140. The molecule has 0 amide bonds. The van der Waals surface area contributed by atoms with Gasteiger partial charge in [0.05, 0.1) is 0 Å². The Bertz CT molecular complexity index is 702. The van der Waals surface area contributed by atoms with Crippen LogP contribution < -0.4 is 5.32 Å². The van der Waals surface area contributed by atoms with Gasteiger partial charge in [-0.2, -0.15) is 0 Å². The van der Waals surface area contributed by atoms with E-state index in [1.807, 2.05) is 13.0 Å². The highest BCUT2D eigenvalue weighted by molar-refractivity contribution is 8.02. The number of ether oxygens (including phenoxy) is 1. The summed E-state index contributed by atoms with van der Waals surface area (Å²) < 4.78 is 5.94. The number of carbonyl (C=O) groups excluding carboxylic acids is 1. The van der Waals surface area contributed by atoms with Gasteiger partial charge in [0.1, 0.15) is 11.4 Å². The highest BCUT2D eigenvalue weighted by Crippen LogP contribution is 2.35. The van der Waals surface area contributed by atoms with Gasteiger partial charge in [-0.05, 0) is 32.4 Å². The molecule has 0 saturated carbocycles. The molecule has 22 heavy (non-hydrogen) atoms. The number of carbonyl (C=O) groups is 1. The molecule has 1 aromatic heterocycles. The molecule has 116 valence electrons. The number of thioether (sulfide) groups is 1. The van der Waals surface area contributed by atoms with E-state index in [9.17, 15) is 4.79 Å². The summed E-state index contributed by atoms with van der Waals surface area (Å²) in [7, 11) is 0. The molecular formula is C15H17N3O2S2. The van der Waals surface area contributed by atoms with Crippen LogP contribution in [0.15, 0.2) is 22.5 Å². The minimum atomic E-state index is -0.170. The summed E-state index contributed by atoms with van der Waals surface area (Å²) in [6.45, 7) is 6.03. The maximum absolute atomic E-state index is 11.7. The van der Waals surface area contributed by atoms with Crippen LogP contribution in [0.4, 0.5) is 10.8 Å². The van der Waals surface area contributed by atoms with Crippen molar-refractivity contribution in [3.8, 4) is 0 Å². The van der Waals surface area contributed by atoms with Crippen LogP contribution in [0, 0.1) is 13.8 Å². The molecule has 2 aromatic rings. The van der Waals surface area contributed by atoms with Crippen molar-refractivity contribution < 1.29 is 9.53 Å². The lowest BCUT2D eigenvalue weighted by Gasteiger charge is -2.06. The molecule has 0 spiro atoms. The monoisotopic (exact) mass is 335 g/mol. The van der Waals surface area contributed by atoms with Crippen molar-refractivity contribution >= 4 is 39.9 Å². The smallest absolute Gasteiger partial charge is 0.319 e. The Kier molecular flexibility index (Phi) is 4.35. The fraction of sp³-hybridized carbons (Fsp3) is 0.400. The van der Waals surface area contributed by atoms with Crippen LogP contribution in [0.25, 0.3) is 0 Å². The number of nitrogens with one attached hydrogen (secondary N) is 1. The molecule has 1 fully saturated rings. The molecule has 1 aliphatic rings. The van der Waals surface area contributed by atoms with Crippen LogP contribution in [0.1, 0.15) is 24.5 Å². The molecule has 0 bridgehead atoms. The zero-order chi connectivity index (χ0) is 15.7. The number of aryl methyl sites for hydroxylation is 2. The lowest BCUT2D eigenvalue weighted by atomic mass is 10.1. The summed E-state index contributed by atoms with van der Waals surface area (Å²) in [6, 6.07) is 6.21. The molecule has 2 heterocycles. The lowest BCUT2D eigenvalue weighted by Crippen LogP contribution is -2.08. The third-order valence-corrected chi connectivity index (χ3v) is 5.52. The van der Waals surface area contributed by atoms with Gasteiger partial charge in [-0.1, -0.05) is 40.8 Å². The van der Waals surface area contributed by atoms with Gasteiger partial charge in [0, 0.05) is 12.1 Å². The van der Waals surface area contributed by atoms with Crippen molar-refractivity contribution in [1.29, 1.82) is 0 Å². The molecule has 5 nitrogen and oxygen atoms in total. The summed E-state index contributed by atoms with van der Waals surface area (Å²) in [6.07, 6.45) is 0.717. The van der Waals surface area contributed by atoms with Crippen LogP contribution in [0.2, 0.25) is 0 Å². The first-order valence-corrected chi connectivity index (χ1v) is 8.76. The molecule has 0 aliphatic carbocycles. The van der Waals surface area contributed by atoms with Crippen molar-refractivity contribution in [1.82, 2.24) is 10.2 Å². The molecule has 1 aromatic carbocycles. The van der Waals surface area contributed by atoms with Crippen molar-refractivity contribution in [2.24, 2.45) is 0 Å². The van der Waals surface area contributed by atoms with Crippen LogP contribution in [-0.2, 0) is 9.53 Å². The van der Waals surface area contributed by atoms with Crippen LogP contribution in [0.5, 0.6) is 0 Å². The number of hydrogen-bond acceptors (Lipinski definition) is 7. The van der Waals surface area contributed by atoms with Gasteiger partial charge in [0.25, 0.3) is 0 Å². The average Bonchev–Trinajstić information content (AvgIpc) is 3.00. The van der Waals surface area contributed by atoms with Gasteiger partial charge in [-0.25, -0.2) is 0 Å². The fourth-order valence-electron chi connectivity index (χ4n) is 2.31. The van der Waals surface area contributed by atoms with Gasteiger partial charge in [0.2, 0.25) is 5.13 Å². The predicted molar refractivity (Wildman–Crippen MR) is 88.9 cm³/mol. The van der Waals surface area contributed by atoms with E-state index < -0.39 is 0 Å². The molecule has 1 saturated heterocycles. The molecule has 3 rings (SSSR count). The minimum Gasteiger partial charge on any atom is -0.462 e. The highest BCUT2D eigenvalue weighted by atomic mass is 32.2. The van der Waals surface area contributed by atoms with Gasteiger partial charge in [-0.15, -0.1) is 10.2 Å². The molecule has 0 unspecified atom stereocenters. The topological polar surface area (TPSA) is 64.1 Å². The average molecular weight is 335 g/mol. The van der Waals surface area contributed by atoms with E-state index in [2.05, 4.69) is 41.5 Å². The van der Waals surface area contributed by atoms with Crippen molar-refractivity contribution in [2.75, 3.05) is 5.32 Å². The Hall–Kier alpha value is -1.60. The second-order valence-electron chi connectivity index (χ2n) is 5.41. The van der Waals surface area contributed by atoms with E-state index >= 15 is 0 Å². The molecule has 7 heteroatoms. The third kappa shape index (κ3) is 3.41. The number of hydrogen-bond donors (Lipinski definition) is 1. The van der Waals surface area contributed by atoms with E-state index in [4.69, 9.17) is 4.74 Å². The van der Waals surface area contributed by atoms with E-state index in [1.165, 1.54) is 28.7 Å². The van der Waals surface area contributed by atoms with Crippen LogP contribution in [0.3, 0.4) is 0 Å². The van der Waals surface area contributed by atoms with E-state index in [0.717, 1.165) is 27.1 Å². The standard InChI is InChI=1S/C15H17N3O2S2/c1-8-4-5-11(9(2)6-8)16-14-17-18-15(22-14)21-12-7-10(3)20-13(12)19/h4-6,10,12H,7H2,1-3H3,(H,16,17)/t10-,12-/m0/s1. The van der Waals surface area contributed by atoms with Crippen molar-refractivity contribution in [3.63, 3.8) is 0 Å². The van der Waals surface area contributed by atoms with E-state index in [1.54, 1.807) is 0 Å². The first kappa shape index (κ1) is 15.3. The van der Waals surface area contributed by atoms with Gasteiger partial charge >= 0.3 is 5.97 Å². The summed E-state index contributed by atoms with van der Waals surface area (Å²) in [5, 5.41) is 12.1. The number of aromatic nitrogens is 2. The molecular weight excluding hydrogens is 318 g/mol. The number of esters is 1. The predicted octanol–water partition coefficient (Wildman–Crippen LogP) is 3.69. The first-order valence-electron chi connectivity index (χ1n) is 7.06. The fourth-order valence-corrected chi connectivity index (χ4v) is 4.43. The number of cyclic esters (lactones) is 1. The second kappa shape index (κ2) is 6.26. The Balaban J connectivity index is 1.67. The van der Waals surface area contributed by atoms with Gasteiger partial charge in [0.15, 0.2) is 4.34 Å². The second-order valence-corrected chi connectivity index (χ2v) is 7.83. The normalized spacial score (nSPS) is 21.0. The van der Waals surface area contributed by atoms with E-state index in [-0.39, 0.29) is 17.3 Å². The van der Waals surface area contributed by atoms with Gasteiger partial charge < -0.3 is 10.1 Å².